The number of ether oxygens (including phenoxy) is 1. The summed E-state index contributed by atoms with van der Waals surface area (Å²) in [6.45, 7) is 6.13. The Hall–Kier alpha value is -0.0800. The third-order valence-electron chi connectivity index (χ3n) is 3.80. The molecule has 0 bridgehead atoms. The van der Waals surface area contributed by atoms with Crippen molar-refractivity contribution in [3.05, 3.63) is 0 Å². The zero-order valence-electron chi connectivity index (χ0n) is 13.5. The van der Waals surface area contributed by atoms with E-state index in [1.54, 1.807) is 0 Å². The van der Waals surface area contributed by atoms with Gasteiger partial charge in [0.1, 0.15) is 0 Å². The van der Waals surface area contributed by atoms with E-state index < -0.39 is 0 Å². The first-order valence-corrected chi connectivity index (χ1v) is 8.66. The number of unbranched alkanes of at least 4 members (excludes halogenated alkanes) is 9. The Kier molecular flexibility index (Phi) is 15.9. The van der Waals surface area contributed by atoms with Crippen LogP contribution in [0.1, 0.15) is 90.9 Å². The minimum atomic E-state index is 0.392. The molecule has 0 aliphatic rings. The first kappa shape index (κ1) is 18.9. The Morgan fingerprint density at radius 2 is 1.32 bits per heavy atom. The third kappa shape index (κ3) is 14.1. The van der Waals surface area contributed by atoms with Gasteiger partial charge in [0, 0.05) is 6.61 Å². The lowest BCUT2D eigenvalue weighted by molar-refractivity contribution is 0.0440. The summed E-state index contributed by atoms with van der Waals surface area (Å²) in [7, 11) is 0. The molecule has 19 heavy (non-hydrogen) atoms. The highest BCUT2D eigenvalue weighted by atomic mass is 16.5. The fourth-order valence-corrected chi connectivity index (χ4v) is 2.43. The van der Waals surface area contributed by atoms with Crippen molar-refractivity contribution in [2.75, 3.05) is 13.2 Å². The molecule has 0 aliphatic carbocycles. The maximum absolute atomic E-state index is 5.82. The summed E-state index contributed by atoms with van der Waals surface area (Å²) in [6.07, 6.45) is 16.3. The van der Waals surface area contributed by atoms with E-state index in [0.717, 1.165) is 26.0 Å². The van der Waals surface area contributed by atoms with Gasteiger partial charge < -0.3 is 10.5 Å². The predicted octanol–water partition coefficient (Wildman–Crippen LogP) is 5.05. The van der Waals surface area contributed by atoms with Crippen LogP contribution < -0.4 is 5.73 Å². The van der Waals surface area contributed by atoms with Gasteiger partial charge in [-0.05, 0) is 25.8 Å². The molecule has 2 nitrogen and oxygen atoms in total. The van der Waals surface area contributed by atoms with E-state index in [1.807, 2.05) is 0 Å². The molecule has 0 fully saturated rings. The van der Waals surface area contributed by atoms with Crippen LogP contribution in [0.3, 0.4) is 0 Å². The van der Waals surface area contributed by atoms with E-state index >= 15 is 0 Å². The Morgan fingerprint density at radius 3 is 1.79 bits per heavy atom. The number of hydrogen-bond acceptors (Lipinski definition) is 2. The maximum Gasteiger partial charge on any atom is 0.0584 e. The number of nitrogens with two attached hydrogens (primary N) is 1. The summed E-state index contributed by atoms with van der Waals surface area (Å²) >= 11 is 0. The molecule has 0 aromatic rings. The Labute approximate surface area is 121 Å². The Balaban J connectivity index is 3.09. The lowest BCUT2D eigenvalue weighted by atomic mass is 10.1. The van der Waals surface area contributed by atoms with Crippen molar-refractivity contribution in [2.24, 2.45) is 5.73 Å². The zero-order valence-corrected chi connectivity index (χ0v) is 13.5. The van der Waals surface area contributed by atoms with Crippen molar-refractivity contribution in [3.8, 4) is 0 Å². The van der Waals surface area contributed by atoms with Crippen LogP contribution in [0.5, 0.6) is 0 Å². The summed E-state index contributed by atoms with van der Waals surface area (Å²) in [4.78, 5) is 0. The highest BCUT2D eigenvalue weighted by Crippen LogP contribution is 2.11. The summed E-state index contributed by atoms with van der Waals surface area (Å²) < 4.78 is 5.82. The van der Waals surface area contributed by atoms with Gasteiger partial charge in [0.25, 0.3) is 0 Å². The normalized spacial score (nSPS) is 12.8. The standard InChI is InChI=1S/C17H37NO/c1-3-5-6-7-8-9-10-11-12-13-16-19-17(4-2)14-15-18/h17H,3-16,18H2,1-2H3. The quantitative estimate of drug-likeness (QED) is 0.423. The van der Waals surface area contributed by atoms with Crippen LogP contribution in [0.15, 0.2) is 0 Å². The van der Waals surface area contributed by atoms with Crippen LogP contribution in [0.25, 0.3) is 0 Å². The van der Waals surface area contributed by atoms with Gasteiger partial charge in [0.05, 0.1) is 6.10 Å². The smallest absolute Gasteiger partial charge is 0.0584 e. The van der Waals surface area contributed by atoms with Crippen LogP contribution in [0, 0.1) is 0 Å². The first-order valence-electron chi connectivity index (χ1n) is 8.66. The second kappa shape index (κ2) is 16.0. The fraction of sp³-hybridized carbons (Fsp3) is 1.00. The molecule has 0 heterocycles. The summed E-state index contributed by atoms with van der Waals surface area (Å²) in [5, 5.41) is 0. The molecule has 0 aromatic heterocycles. The zero-order chi connectivity index (χ0) is 14.2. The molecule has 0 saturated heterocycles. The van der Waals surface area contributed by atoms with Gasteiger partial charge >= 0.3 is 0 Å². The Morgan fingerprint density at radius 1 is 0.789 bits per heavy atom. The lowest BCUT2D eigenvalue weighted by Crippen LogP contribution is -2.17. The van der Waals surface area contributed by atoms with Gasteiger partial charge in [0.2, 0.25) is 0 Å². The van der Waals surface area contributed by atoms with Crippen molar-refractivity contribution < 1.29 is 4.74 Å². The average Bonchev–Trinajstić information content (AvgIpc) is 2.43. The highest BCUT2D eigenvalue weighted by molar-refractivity contribution is 4.56. The summed E-state index contributed by atoms with van der Waals surface area (Å²) in [6, 6.07) is 0. The van der Waals surface area contributed by atoms with Crippen LogP contribution in [-0.4, -0.2) is 19.3 Å². The molecular weight excluding hydrogens is 234 g/mol. The van der Waals surface area contributed by atoms with Crippen molar-refractivity contribution in [2.45, 2.75) is 97.0 Å². The molecular formula is C17H37NO. The second-order valence-corrected chi connectivity index (χ2v) is 5.66. The molecule has 1 atom stereocenters. The first-order chi connectivity index (χ1) is 9.35. The van der Waals surface area contributed by atoms with Gasteiger partial charge in [-0.3, -0.25) is 0 Å². The van der Waals surface area contributed by atoms with Crippen LogP contribution in [0.2, 0.25) is 0 Å². The summed E-state index contributed by atoms with van der Waals surface area (Å²) in [5.74, 6) is 0. The van der Waals surface area contributed by atoms with E-state index in [9.17, 15) is 0 Å². The van der Waals surface area contributed by atoms with Crippen LogP contribution in [0.4, 0.5) is 0 Å². The molecule has 0 rings (SSSR count). The van der Waals surface area contributed by atoms with Crippen LogP contribution >= 0.6 is 0 Å². The van der Waals surface area contributed by atoms with E-state index in [4.69, 9.17) is 10.5 Å². The highest BCUT2D eigenvalue weighted by Gasteiger charge is 2.04. The molecule has 0 spiro atoms. The van der Waals surface area contributed by atoms with E-state index in [0.29, 0.717) is 6.10 Å². The van der Waals surface area contributed by atoms with E-state index in [2.05, 4.69) is 13.8 Å². The molecule has 0 aliphatic heterocycles. The Bertz CT molecular complexity index is 161. The second-order valence-electron chi connectivity index (χ2n) is 5.66. The minimum Gasteiger partial charge on any atom is -0.378 e. The average molecular weight is 271 g/mol. The fourth-order valence-electron chi connectivity index (χ4n) is 2.43. The molecule has 2 N–H and O–H groups in total. The molecule has 2 heteroatoms. The number of rotatable bonds is 15. The molecule has 0 amide bonds. The van der Waals surface area contributed by atoms with E-state index in [-0.39, 0.29) is 0 Å². The van der Waals surface area contributed by atoms with Crippen LogP contribution in [-0.2, 0) is 4.74 Å². The lowest BCUT2D eigenvalue weighted by Gasteiger charge is -2.14. The topological polar surface area (TPSA) is 35.2 Å². The number of hydrogen-bond donors (Lipinski definition) is 1. The minimum absolute atomic E-state index is 0.392. The van der Waals surface area contributed by atoms with Gasteiger partial charge in [-0.1, -0.05) is 71.6 Å². The van der Waals surface area contributed by atoms with Crippen molar-refractivity contribution in [3.63, 3.8) is 0 Å². The van der Waals surface area contributed by atoms with Gasteiger partial charge in [-0.15, -0.1) is 0 Å². The predicted molar refractivity (Wildman–Crippen MR) is 85.5 cm³/mol. The van der Waals surface area contributed by atoms with Crippen molar-refractivity contribution in [1.82, 2.24) is 0 Å². The SMILES string of the molecule is CCCCCCCCCCCCOC(CC)CCN. The third-order valence-corrected chi connectivity index (χ3v) is 3.80. The molecule has 1 unspecified atom stereocenters. The molecule has 0 aromatic carbocycles. The summed E-state index contributed by atoms with van der Waals surface area (Å²) in [5.41, 5.74) is 5.55. The van der Waals surface area contributed by atoms with Crippen molar-refractivity contribution in [1.29, 1.82) is 0 Å². The molecule has 0 saturated carbocycles. The monoisotopic (exact) mass is 271 g/mol. The molecule has 0 radical (unpaired) electrons. The van der Waals surface area contributed by atoms with Gasteiger partial charge in [-0.25, -0.2) is 0 Å². The van der Waals surface area contributed by atoms with Gasteiger partial charge in [-0.2, -0.15) is 0 Å². The van der Waals surface area contributed by atoms with E-state index in [1.165, 1.54) is 64.2 Å². The molecule has 116 valence electrons. The van der Waals surface area contributed by atoms with Gasteiger partial charge in [0.15, 0.2) is 0 Å². The van der Waals surface area contributed by atoms with Crippen molar-refractivity contribution >= 4 is 0 Å². The largest absolute Gasteiger partial charge is 0.378 e. The maximum atomic E-state index is 5.82.